The Balaban J connectivity index is 1.76. The molecule has 0 spiro atoms. The van der Waals surface area contributed by atoms with Crippen LogP contribution in [0.5, 0.6) is 0 Å². The highest BCUT2D eigenvalue weighted by Gasteiger charge is 2.15. The Labute approximate surface area is 113 Å². The number of rotatable bonds is 5. The number of anilines is 1. The standard InChI is InChI=1S/C14H20N2O3/c15-9-11-2-1-3-12(8-11)16-14(17)10-19-13-4-6-18-7-5-13/h1-3,8,13H,4-7,9-10,15H2,(H,16,17). The smallest absolute Gasteiger partial charge is 0.250 e. The van der Waals surface area contributed by atoms with Gasteiger partial charge in [-0.2, -0.15) is 0 Å². The zero-order chi connectivity index (χ0) is 13.5. The molecule has 2 rings (SSSR count). The molecule has 0 aromatic heterocycles. The molecule has 0 bridgehead atoms. The summed E-state index contributed by atoms with van der Waals surface area (Å²) in [6, 6.07) is 7.50. The third-order valence-electron chi connectivity index (χ3n) is 3.06. The van der Waals surface area contributed by atoms with Crippen LogP contribution < -0.4 is 11.1 Å². The largest absolute Gasteiger partial charge is 0.381 e. The molecule has 1 aliphatic rings. The van der Waals surface area contributed by atoms with Gasteiger partial charge in [-0.1, -0.05) is 12.1 Å². The number of ether oxygens (including phenoxy) is 2. The normalized spacial score (nSPS) is 16.3. The second-order valence-electron chi connectivity index (χ2n) is 4.58. The predicted molar refractivity (Wildman–Crippen MR) is 72.8 cm³/mol. The van der Waals surface area contributed by atoms with Crippen LogP contribution in [0.4, 0.5) is 5.69 Å². The molecule has 0 unspecified atom stereocenters. The fourth-order valence-corrected chi connectivity index (χ4v) is 2.01. The molecule has 0 radical (unpaired) electrons. The monoisotopic (exact) mass is 264 g/mol. The molecule has 0 saturated carbocycles. The van der Waals surface area contributed by atoms with Crippen LogP contribution in [0.15, 0.2) is 24.3 Å². The maximum atomic E-state index is 11.8. The minimum Gasteiger partial charge on any atom is -0.381 e. The van der Waals surface area contributed by atoms with Crippen molar-refractivity contribution < 1.29 is 14.3 Å². The Morgan fingerprint density at radius 3 is 2.95 bits per heavy atom. The molecule has 1 aliphatic heterocycles. The van der Waals surface area contributed by atoms with Crippen LogP contribution in [0.25, 0.3) is 0 Å². The van der Waals surface area contributed by atoms with Gasteiger partial charge in [-0.25, -0.2) is 0 Å². The number of hydrogen-bond acceptors (Lipinski definition) is 4. The Kier molecular flexibility index (Phi) is 5.32. The first kappa shape index (κ1) is 14.0. The lowest BCUT2D eigenvalue weighted by Crippen LogP contribution is -2.28. The fraction of sp³-hybridized carbons (Fsp3) is 0.500. The minimum absolute atomic E-state index is 0.0809. The summed E-state index contributed by atoms with van der Waals surface area (Å²) in [5.41, 5.74) is 7.30. The van der Waals surface area contributed by atoms with Gasteiger partial charge in [-0.15, -0.1) is 0 Å². The summed E-state index contributed by atoms with van der Waals surface area (Å²) in [7, 11) is 0. The van der Waals surface area contributed by atoms with Gasteiger partial charge < -0.3 is 20.5 Å². The van der Waals surface area contributed by atoms with Gasteiger partial charge in [-0.05, 0) is 30.5 Å². The van der Waals surface area contributed by atoms with Crippen LogP contribution in [-0.4, -0.2) is 31.8 Å². The molecule has 0 aliphatic carbocycles. The van der Waals surface area contributed by atoms with E-state index in [9.17, 15) is 4.79 Å². The molecule has 3 N–H and O–H groups in total. The number of carbonyl (C=O) groups is 1. The first-order chi connectivity index (χ1) is 9.28. The van der Waals surface area contributed by atoms with E-state index in [1.54, 1.807) is 0 Å². The van der Waals surface area contributed by atoms with Gasteiger partial charge >= 0.3 is 0 Å². The first-order valence-electron chi connectivity index (χ1n) is 6.56. The predicted octanol–water partition coefficient (Wildman–Crippen LogP) is 1.28. The van der Waals surface area contributed by atoms with E-state index < -0.39 is 0 Å². The van der Waals surface area contributed by atoms with Crippen molar-refractivity contribution in [3.63, 3.8) is 0 Å². The summed E-state index contributed by atoms with van der Waals surface area (Å²) in [6.07, 6.45) is 1.85. The summed E-state index contributed by atoms with van der Waals surface area (Å²) in [4.78, 5) is 11.8. The Hall–Kier alpha value is -1.43. The molecule has 1 aromatic rings. The molecule has 104 valence electrons. The van der Waals surface area contributed by atoms with E-state index >= 15 is 0 Å². The van der Waals surface area contributed by atoms with Crippen molar-refractivity contribution in [1.82, 2.24) is 0 Å². The Morgan fingerprint density at radius 2 is 2.21 bits per heavy atom. The van der Waals surface area contributed by atoms with E-state index in [0.717, 1.165) is 24.1 Å². The maximum absolute atomic E-state index is 11.8. The van der Waals surface area contributed by atoms with Gasteiger partial charge in [0.05, 0.1) is 6.10 Å². The van der Waals surface area contributed by atoms with E-state index in [0.29, 0.717) is 19.8 Å². The highest BCUT2D eigenvalue weighted by Crippen LogP contribution is 2.12. The molecule has 1 amide bonds. The summed E-state index contributed by atoms with van der Waals surface area (Å²) < 4.78 is 10.8. The third-order valence-corrected chi connectivity index (χ3v) is 3.06. The Morgan fingerprint density at radius 1 is 1.42 bits per heavy atom. The van der Waals surface area contributed by atoms with Crippen molar-refractivity contribution in [1.29, 1.82) is 0 Å². The number of nitrogens with one attached hydrogen (secondary N) is 1. The SMILES string of the molecule is NCc1cccc(NC(=O)COC2CCOCC2)c1. The molecule has 1 saturated heterocycles. The zero-order valence-electron chi connectivity index (χ0n) is 10.9. The topological polar surface area (TPSA) is 73.6 Å². The van der Waals surface area contributed by atoms with Crippen molar-refractivity contribution in [2.75, 3.05) is 25.1 Å². The van der Waals surface area contributed by atoms with E-state index in [1.807, 2.05) is 24.3 Å². The average Bonchev–Trinajstić information content (AvgIpc) is 2.46. The highest BCUT2D eigenvalue weighted by molar-refractivity contribution is 5.91. The molecule has 1 aromatic carbocycles. The van der Waals surface area contributed by atoms with Crippen LogP contribution in [-0.2, 0) is 20.8 Å². The molecule has 5 heteroatoms. The quantitative estimate of drug-likeness (QED) is 0.840. The molecular formula is C14H20N2O3. The van der Waals surface area contributed by atoms with E-state index in [1.165, 1.54) is 0 Å². The number of benzene rings is 1. The Bertz CT molecular complexity index is 417. The summed E-state index contributed by atoms with van der Waals surface area (Å²) in [6.45, 7) is 1.97. The maximum Gasteiger partial charge on any atom is 0.250 e. The van der Waals surface area contributed by atoms with Crippen LogP contribution in [0, 0.1) is 0 Å². The number of hydrogen-bond donors (Lipinski definition) is 2. The van der Waals surface area contributed by atoms with Gasteiger partial charge in [0.1, 0.15) is 6.61 Å². The minimum atomic E-state index is -0.138. The van der Waals surface area contributed by atoms with Crippen molar-refractivity contribution in [3.8, 4) is 0 Å². The van der Waals surface area contributed by atoms with Gasteiger partial charge in [0, 0.05) is 25.4 Å². The molecular weight excluding hydrogens is 244 g/mol. The second-order valence-corrected chi connectivity index (χ2v) is 4.58. The zero-order valence-corrected chi connectivity index (χ0v) is 10.9. The van der Waals surface area contributed by atoms with Crippen LogP contribution in [0.2, 0.25) is 0 Å². The molecule has 0 atom stereocenters. The highest BCUT2D eigenvalue weighted by atomic mass is 16.5. The average molecular weight is 264 g/mol. The van der Waals surface area contributed by atoms with E-state index in [4.69, 9.17) is 15.2 Å². The second kappa shape index (κ2) is 7.23. The number of amides is 1. The summed E-state index contributed by atoms with van der Waals surface area (Å²) in [5.74, 6) is -0.138. The van der Waals surface area contributed by atoms with Crippen molar-refractivity contribution in [2.24, 2.45) is 5.73 Å². The summed E-state index contributed by atoms with van der Waals surface area (Å²) >= 11 is 0. The number of carbonyl (C=O) groups excluding carboxylic acids is 1. The van der Waals surface area contributed by atoms with Crippen LogP contribution >= 0.6 is 0 Å². The summed E-state index contributed by atoms with van der Waals surface area (Å²) in [5, 5.41) is 2.81. The van der Waals surface area contributed by atoms with Crippen LogP contribution in [0.3, 0.4) is 0 Å². The number of nitrogens with two attached hydrogens (primary N) is 1. The van der Waals surface area contributed by atoms with Crippen molar-refractivity contribution >= 4 is 11.6 Å². The lowest BCUT2D eigenvalue weighted by Gasteiger charge is -2.22. The van der Waals surface area contributed by atoms with Crippen molar-refractivity contribution in [3.05, 3.63) is 29.8 Å². The molecule has 1 heterocycles. The van der Waals surface area contributed by atoms with Gasteiger partial charge in [-0.3, -0.25) is 4.79 Å². The molecule has 1 fully saturated rings. The third kappa shape index (κ3) is 4.63. The molecule has 19 heavy (non-hydrogen) atoms. The van der Waals surface area contributed by atoms with Gasteiger partial charge in [0.25, 0.3) is 0 Å². The first-order valence-corrected chi connectivity index (χ1v) is 6.56. The van der Waals surface area contributed by atoms with Crippen molar-refractivity contribution in [2.45, 2.75) is 25.5 Å². The molecule has 5 nitrogen and oxygen atoms in total. The van der Waals surface area contributed by atoms with Gasteiger partial charge in [0.15, 0.2) is 0 Å². The van der Waals surface area contributed by atoms with Gasteiger partial charge in [0.2, 0.25) is 5.91 Å². The lowest BCUT2D eigenvalue weighted by molar-refractivity contribution is -0.124. The lowest BCUT2D eigenvalue weighted by atomic mass is 10.1. The van der Waals surface area contributed by atoms with E-state index in [2.05, 4.69) is 5.32 Å². The van der Waals surface area contributed by atoms with Crippen LogP contribution in [0.1, 0.15) is 18.4 Å². The fourth-order valence-electron chi connectivity index (χ4n) is 2.01. The van der Waals surface area contributed by atoms with E-state index in [-0.39, 0.29) is 18.6 Å².